The van der Waals surface area contributed by atoms with Crippen LogP contribution in [0.25, 0.3) is 5.69 Å². The monoisotopic (exact) mass is 394 g/mol. The number of amides is 1. The molecule has 140 valence electrons. The molecule has 0 saturated carbocycles. The molecule has 2 heterocycles. The van der Waals surface area contributed by atoms with Crippen LogP contribution in [-0.4, -0.2) is 47.3 Å². The van der Waals surface area contributed by atoms with E-state index in [0.717, 1.165) is 48.7 Å². The summed E-state index contributed by atoms with van der Waals surface area (Å²) in [7, 11) is 1.95. The van der Waals surface area contributed by atoms with Crippen molar-refractivity contribution < 1.29 is 4.79 Å². The van der Waals surface area contributed by atoms with E-state index in [1.165, 1.54) is 0 Å². The zero-order valence-electron chi connectivity index (χ0n) is 15.4. The Labute approximate surface area is 164 Å². The Bertz CT molecular complexity index is 818. The first-order valence-electron chi connectivity index (χ1n) is 8.83. The summed E-state index contributed by atoms with van der Waals surface area (Å²) < 4.78 is 1.80. The number of nitrogens with one attached hydrogen (secondary N) is 1. The topological polar surface area (TPSA) is 50.2 Å². The lowest BCUT2D eigenvalue weighted by molar-refractivity contribution is -0.129. The Morgan fingerprint density at radius 2 is 2.12 bits per heavy atom. The van der Waals surface area contributed by atoms with Crippen molar-refractivity contribution in [2.75, 3.05) is 26.7 Å². The third-order valence-electron chi connectivity index (χ3n) is 5.04. The van der Waals surface area contributed by atoms with Gasteiger partial charge in [-0.2, -0.15) is 5.10 Å². The second-order valence-corrected chi connectivity index (χ2v) is 7.73. The molecule has 1 aromatic heterocycles. The third kappa shape index (κ3) is 3.90. The molecule has 0 radical (unpaired) electrons. The number of halogens is 2. The predicted molar refractivity (Wildman–Crippen MR) is 105 cm³/mol. The van der Waals surface area contributed by atoms with E-state index in [9.17, 15) is 4.79 Å². The molecule has 0 aliphatic carbocycles. The number of aromatic nitrogens is 2. The molecule has 0 bridgehead atoms. The van der Waals surface area contributed by atoms with Crippen molar-refractivity contribution in [2.24, 2.45) is 5.92 Å². The Balaban J connectivity index is 1.79. The van der Waals surface area contributed by atoms with Crippen LogP contribution in [0.1, 0.15) is 23.4 Å². The number of likely N-dealkylation sites (tertiary alicyclic amines) is 1. The first-order chi connectivity index (χ1) is 12.4. The maximum atomic E-state index is 12.8. The number of carbonyl (C=O) groups excluding carboxylic acids is 1. The van der Waals surface area contributed by atoms with Crippen molar-refractivity contribution in [3.63, 3.8) is 0 Å². The van der Waals surface area contributed by atoms with Gasteiger partial charge in [-0.3, -0.25) is 4.79 Å². The number of hydrogen-bond donors (Lipinski definition) is 1. The lowest BCUT2D eigenvalue weighted by atomic mass is 10.1. The second-order valence-electron chi connectivity index (χ2n) is 6.89. The molecule has 1 aliphatic rings. The van der Waals surface area contributed by atoms with E-state index in [2.05, 4.69) is 10.4 Å². The number of aryl methyl sites for hydroxylation is 1. The maximum Gasteiger partial charge on any atom is 0.227 e. The molecule has 3 rings (SSSR count). The van der Waals surface area contributed by atoms with Crippen LogP contribution < -0.4 is 5.32 Å². The van der Waals surface area contributed by atoms with Gasteiger partial charge in [0, 0.05) is 29.4 Å². The van der Waals surface area contributed by atoms with Crippen molar-refractivity contribution in [2.45, 2.75) is 26.7 Å². The van der Waals surface area contributed by atoms with Crippen LogP contribution in [0.15, 0.2) is 18.2 Å². The van der Waals surface area contributed by atoms with E-state index in [0.29, 0.717) is 22.4 Å². The van der Waals surface area contributed by atoms with Gasteiger partial charge >= 0.3 is 0 Å². The maximum absolute atomic E-state index is 12.8. The predicted octanol–water partition coefficient (Wildman–Crippen LogP) is 3.41. The highest BCUT2D eigenvalue weighted by Crippen LogP contribution is 2.27. The average molecular weight is 395 g/mol. The highest BCUT2D eigenvalue weighted by molar-refractivity contribution is 6.35. The number of hydrogen-bond acceptors (Lipinski definition) is 3. The summed E-state index contributed by atoms with van der Waals surface area (Å²) >= 11 is 12.3. The van der Waals surface area contributed by atoms with Gasteiger partial charge in [-0.25, -0.2) is 4.68 Å². The van der Waals surface area contributed by atoms with Crippen molar-refractivity contribution in [3.05, 3.63) is 45.2 Å². The quantitative estimate of drug-likeness (QED) is 0.844. The fourth-order valence-corrected chi connectivity index (χ4v) is 4.08. The number of benzene rings is 1. The van der Waals surface area contributed by atoms with Gasteiger partial charge in [0.2, 0.25) is 5.91 Å². The van der Waals surface area contributed by atoms with Crippen molar-refractivity contribution >= 4 is 29.1 Å². The lowest BCUT2D eigenvalue weighted by Gasteiger charge is -2.17. The Morgan fingerprint density at radius 3 is 2.81 bits per heavy atom. The zero-order chi connectivity index (χ0) is 18.8. The summed E-state index contributed by atoms with van der Waals surface area (Å²) in [6.45, 7) is 6.52. The fraction of sp³-hybridized carbons (Fsp3) is 0.474. The third-order valence-corrected chi connectivity index (χ3v) is 5.58. The van der Waals surface area contributed by atoms with Crippen LogP contribution in [0.2, 0.25) is 10.0 Å². The number of carbonyl (C=O) groups is 1. The minimum Gasteiger partial charge on any atom is -0.342 e. The minimum absolute atomic E-state index is 0.163. The summed E-state index contributed by atoms with van der Waals surface area (Å²) in [6.07, 6.45) is 1.43. The van der Waals surface area contributed by atoms with Crippen molar-refractivity contribution in [1.29, 1.82) is 0 Å². The van der Waals surface area contributed by atoms with E-state index in [1.807, 2.05) is 31.9 Å². The molecule has 26 heavy (non-hydrogen) atoms. The molecule has 1 atom stereocenters. The van der Waals surface area contributed by atoms with Gasteiger partial charge in [0.05, 0.1) is 22.8 Å². The molecular formula is C19H24Cl2N4O. The lowest BCUT2D eigenvalue weighted by Crippen LogP contribution is -2.31. The molecule has 1 aromatic carbocycles. The first-order valence-corrected chi connectivity index (χ1v) is 9.59. The number of rotatable bonds is 5. The van der Waals surface area contributed by atoms with Gasteiger partial charge in [-0.15, -0.1) is 0 Å². The molecule has 0 spiro atoms. The molecule has 0 unspecified atom stereocenters. The Hall–Kier alpha value is -1.56. The summed E-state index contributed by atoms with van der Waals surface area (Å²) in [5.74, 6) is 0.707. The van der Waals surface area contributed by atoms with Crippen LogP contribution in [0, 0.1) is 19.8 Å². The van der Waals surface area contributed by atoms with E-state index in [4.69, 9.17) is 23.2 Å². The van der Waals surface area contributed by atoms with Crippen LogP contribution in [0.4, 0.5) is 0 Å². The van der Waals surface area contributed by atoms with Crippen LogP contribution in [0.3, 0.4) is 0 Å². The summed E-state index contributed by atoms with van der Waals surface area (Å²) in [5, 5.41) is 8.92. The normalized spacial score (nSPS) is 17.1. The van der Waals surface area contributed by atoms with E-state index in [-0.39, 0.29) is 5.91 Å². The van der Waals surface area contributed by atoms with Gasteiger partial charge in [-0.05, 0) is 58.0 Å². The molecular weight excluding hydrogens is 371 g/mol. The standard InChI is InChI=1S/C19H24Cl2N4O/c1-12-16(9-19(26)24-7-6-14(11-24)10-22-3)13(2)25(23-12)18-5-4-15(20)8-17(18)21/h4-5,8,14,22H,6-7,9-11H2,1-3H3/t14-/m1/s1. The second kappa shape index (κ2) is 7.99. The molecule has 1 amide bonds. The van der Waals surface area contributed by atoms with E-state index < -0.39 is 0 Å². The van der Waals surface area contributed by atoms with Crippen LogP contribution in [-0.2, 0) is 11.2 Å². The van der Waals surface area contributed by atoms with Gasteiger partial charge < -0.3 is 10.2 Å². The van der Waals surface area contributed by atoms with Crippen LogP contribution >= 0.6 is 23.2 Å². The number of nitrogens with zero attached hydrogens (tertiary/aromatic N) is 3. The molecule has 1 aliphatic heterocycles. The molecule has 5 nitrogen and oxygen atoms in total. The summed E-state index contributed by atoms with van der Waals surface area (Å²) in [6, 6.07) is 5.33. The summed E-state index contributed by atoms with van der Waals surface area (Å²) in [5.41, 5.74) is 3.53. The van der Waals surface area contributed by atoms with Crippen molar-refractivity contribution in [3.8, 4) is 5.69 Å². The minimum atomic E-state index is 0.163. The highest BCUT2D eigenvalue weighted by atomic mass is 35.5. The molecule has 1 fully saturated rings. The largest absolute Gasteiger partial charge is 0.342 e. The van der Waals surface area contributed by atoms with Gasteiger partial charge in [0.25, 0.3) is 0 Å². The van der Waals surface area contributed by atoms with Crippen LogP contribution in [0.5, 0.6) is 0 Å². The molecule has 7 heteroatoms. The zero-order valence-corrected chi connectivity index (χ0v) is 16.9. The van der Waals surface area contributed by atoms with E-state index >= 15 is 0 Å². The molecule has 2 aromatic rings. The van der Waals surface area contributed by atoms with E-state index in [1.54, 1.807) is 16.8 Å². The SMILES string of the molecule is CNC[C@H]1CCN(C(=O)Cc2c(C)nn(-c3ccc(Cl)cc3Cl)c2C)C1. The fourth-order valence-electron chi connectivity index (χ4n) is 3.60. The van der Waals surface area contributed by atoms with Gasteiger partial charge in [0.15, 0.2) is 0 Å². The Morgan fingerprint density at radius 1 is 1.35 bits per heavy atom. The highest BCUT2D eigenvalue weighted by Gasteiger charge is 2.27. The smallest absolute Gasteiger partial charge is 0.227 e. The van der Waals surface area contributed by atoms with Gasteiger partial charge in [0.1, 0.15) is 0 Å². The molecule has 1 saturated heterocycles. The Kier molecular flexibility index (Phi) is 5.90. The first kappa shape index (κ1) is 19.2. The van der Waals surface area contributed by atoms with Gasteiger partial charge in [-0.1, -0.05) is 23.2 Å². The summed E-state index contributed by atoms with van der Waals surface area (Å²) in [4.78, 5) is 14.7. The average Bonchev–Trinajstić information content (AvgIpc) is 3.15. The van der Waals surface area contributed by atoms with Crippen molar-refractivity contribution in [1.82, 2.24) is 20.0 Å². The molecule has 1 N–H and O–H groups in total.